The number of aliphatic hydroxyl groups excluding tert-OH is 2. The number of carbonyl (C=O) groups is 2. The predicted molar refractivity (Wildman–Crippen MR) is 278 cm³/mol. The van der Waals surface area contributed by atoms with Gasteiger partial charge in [-0.05, 0) is 83.5 Å². The van der Waals surface area contributed by atoms with Gasteiger partial charge in [-0.25, -0.2) is 0 Å². The molecule has 0 bridgehead atoms. The van der Waals surface area contributed by atoms with Crippen LogP contribution in [0.4, 0.5) is 0 Å². The lowest BCUT2D eigenvalue weighted by molar-refractivity contribution is -0.151. The molecule has 0 aromatic rings. The lowest BCUT2D eigenvalue weighted by atomic mass is 10.0. The molecule has 0 aromatic heterocycles. The average molecular weight is 896 g/mol. The third kappa shape index (κ3) is 46.1. The largest absolute Gasteiger partial charge is 0.462 e. The quantitative estimate of drug-likeness (QED) is 0.0245. The summed E-state index contributed by atoms with van der Waals surface area (Å²) in [5, 5.41) is 23.8. The Balaban J connectivity index is 4.59. The Kier molecular flexibility index (Phi) is 49.6. The van der Waals surface area contributed by atoms with Gasteiger partial charge in [-0.2, -0.15) is 0 Å². The molecular formula is C58H105NO5. The summed E-state index contributed by atoms with van der Waals surface area (Å²) in [6, 6.07) is -0.713. The minimum atomic E-state index is -0.798. The molecule has 1 amide bonds. The molecule has 6 heteroatoms. The van der Waals surface area contributed by atoms with Crippen LogP contribution in [0.1, 0.15) is 271 Å². The molecule has 372 valence electrons. The molecule has 0 aliphatic heterocycles. The highest BCUT2D eigenvalue weighted by Gasteiger charge is 2.24. The summed E-state index contributed by atoms with van der Waals surface area (Å²) in [6.07, 6.45) is 64.2. The zero-order valence-electron chi connectivity index (χ0n) is 42.4. The van der Waals surface area contributed by atoms with E-state index in [0.717, 1.165) is 96.3 Å². The third-order valence-corrected chi connectivity index (χ3v) is 12.4. The number of ether oxygens (including phenoxy) is 1. The summed E-state index contributed by atoms with van der Waals surface area (Å²) >= 11 is 0. The first-order valence-electron chi connectivity index (χ1n) is 27.5. The maximum absolute atomic E-state index is 13.2. The van der Waals surface area contributed by atoms with Crippen LogP contribution in [-0.2, 0) is 14.3 Å². The highest BCUT2D eigenvalue weighted by molar-refractivity contribution is 5.77. The van der Waals surface area contributed by atoms with Crippen LogP contribution in [0.5, 0.6) is 0 Å². The summed E-state index contributed by atoms with van der Waals surface area (Å²) in [5.41, 5.74) is 0. The standard InChI is InChI=1S/C58H105NO5/c1-4-7-10-13-16-19-22-25-28-30-32-35-38-41-44-47-50-56(61)55(53-60)59-57(62)52-54(49-46-43-40-37-34-31-27-24-21-18-15-12-9-6-3)64-58(63)51-48-45-42-39-36-33-29-26-23-20-17-14-11-8-5-2/h9,12,17-18,20-21,23,26-27,31,54-56,60-61H,4-8,10-11,13-16,19,22,24-25,28-30,32-53H2,1-3H3,(H,59,62)/b12-9+,20-17+,21-18+,26-23+,31-27+. The third-order valence-electron chi connectivity index (χ3n) is 12.4. The van der Waals surface area contributed by atoms with Crippen molar-refractivity contribution in [1.82, 2.24) is 5.32 Å². The van der Waals surface area contributed by atoms with E-state index in [-0.39, 0.29) is 24.9 Å². The number of unbranched alkanes of at least 4 members (excludes halogenated alkanes) is 28. The highest BCUT2D eigenvalue weighted by Crippen LogP contribution is 2.18. The van der Waals surface area contributed by atoms with Crippen LogP contribution < -0.4 is 5.32 Å². The second-order valence-corrected chi connectivity index (χ2v) is 18.6. The Bertz CT molecular complexity index is 1140. The van der Waals surface area contributed by atoms with Crippen molar-refractivity contribution >= 4 is 11.9 Å². The van der Waals surface area contributed by atoms with Crippen LogP contribution >= 0.6 is 0 Å². The van der Waals surface area contributed by atoms with Gasteiger partial charge in [0.1, 0.15) is 6.10 Å². The minimum Gasteiger partial charge on any atom is -0.462 e. The Morgan fingerprint density at radius 1 is 0.484 bits per heavy atom. The van der Waals surface area contributed by atoms with Crippen molar-refractivity contribution in [3.05, 3.63) is 60.8 Å². The summed E-state index contributed by atoms with van der Waals surface area (Å²) in [4.78, 5) is 26.2. The second-order valence-electron chi connectivity index (χ2n) is 18.6. The van der Waals surface area contributed by atoms with E-state index in [4.69, 9.17) is 4.74 Å². The smallest absolute Gasteiger partial charge is 0.306 e. The van der Waals surface area contributed by atoms with E-state index in [2.05, 4.69) is 86.8 Å². The fourth-order valence-electron chi connectivity index (χ4n) is 8.20. The van der Waals surface area contributed by atoms with Gasteiger partial charge in [-0.15, -0.1) is 0 Å². The molecule has 0 spiro atoms. The van der Waals surface area contributed by atoms with E-state index in [1.807, 2.05) is 0 Å². The molecule has 6 nitrogen and oxygen atoms in total. The Labute approximate surface area is 397 Å². The maximum atomic E-state index is 13.2. The fourth-order valence-corrected chi connectivity index (χ4v) is 8.20. The number of rotatable bonds is 49. The first kappa shape index (κ1) is 61.6. The molecule has 0 aliphatic carbocycles. The van der Waals surface area contributed by atoms with Crippen LogP contribution in [0.2, 0.25) is 0 Å². The molecule has 3 N–H and O–H groups in total. The van der Waals surface area contributed by atoms with Crippen LogP contribution in [0.25, 0.3) is 0 Å². The van der Waals surface area contributed by atoms with Crippen molar-refractivity contribution in [1.29, 1.82) is 0 Å². The van der Waals surface area contributed by atoms with E-state index in [9.17, 15) is 19.8 Å². The molecule has 0 aromatic carbocycles. The molecule has 3 unspecified atom stereocenters. The monoisotopic (exact) mass is 896 g/mol. The Morgan fingerprint density at radius 3 is 1.41 bits per heavy atom. The van der Waals surface area contributed by atoms with E-state index >= 15 is 0 Å². The first-order chi connectivity index (χ1) is 31.5. The van der Waals surface area contributed by atoms with Gasteiger partial charge in [0.15, 0.2) is 0 Å². The SMILES string of the molecule is CC/C=C/C/C=C/C/C=C/CCCCCCC(CC(=O)NC(CO)C(O)CCCCCCCCCCCCCCCCCC)OC(=O)CCCCCCCC/C=C/C=C/CCCCC. The first-order valence-corrected chi connectivity index (χ1v) is 27.5. The number of amides is 1. The zero-order valence-corrected chi connectivity index (χ0v) is 42.4. The number of nitrogens with one attached hydrogen (secondary N) is 1. The normalized spacial score (nSPS) is 13.6. The van der Waals surface area contributed by atoms with Gasteiger partial charge in [0.2, 0.25) is 5.91 Å². The van der Waals surface area contributed by atoms with Crippen molar-refractivity contribution < 1.29 is 24.5 Å². The summed E-state index contributed by atoms with van der Waals surface area (Å²) < 4.78 is 5.93. The molecule has 0 heterocycles. The van der Waals surface area contributed by atoms with Gasteiger partial charge < -0.3 is 20.3 Å². The maximum Gasteiger partial charge on any atom is 0.306 e. The van der Waals surface area contributed by atoms with E-state index in [0.29, 0.717) is 19.3 Å². The van der Waals surface area contributed by atoms with Crippen molar-refractivity contribution in [2.75, 3.05) is 6.61 Å². The summed E-state index contributed by atoms with van der Waals surface area (Å²) in [5.74, 6) is -0.505. The second kappa shape index (κ2) is 51.5. The van der Waals surface area contributed by atoms with Crippen molar-refractivity contribution in [2.24, 2.45) is 0 Å². The van der Waals surface area contributed by atoms with Gasteiger partial charge in [-0.3, -0.25) is 9.59 Å². The number of carbonyl (C=O) groups excluding carboxylic acids is 2. The molecule has 0 fully saturated rings. The Hall–Kier alpha value is -2.44. The minimum absolute atomic E-state index is 0.0571. The van der Waals surface area contributed by atoms with Gasteiger partial charge in [-0.1, -0.05) is 236 Å². The molecular weight excluding hydrogens is 791 g/mol. The van der Waals surface area contributed by atoms with Crippen LogP contribution in [0.3, 0.4) is 0 Å². The van der Waals surface area contributed by atoms with Gasteiger partial charge in [0, 0.05) is 6.42 Å². The van der Waals surface area contributed by atoms with Crippen LogP contribution in [-0.4, -0.2) is 46.9 Å². The van der Waals surface area contributed by atoms with E-state index < -0.39 is 18.2 Å². The molecule has 0 radical (unpaired) electrons. The number of esters is 1. The lowest BCUT2D eigenvalue weighted by Crippen LogP contribution is -2.46. The number of allylic oxidation sites excluding steroid dienone is 10. The summed E-state index contributed by atoms with van der Waals surface area (Å²) in [6.45, 7) is 6.35. The molecule has 0 aliphatic rings. The number of aliphatic hydroxyl groups is 2. The highest BCUT2D eigenvalue weighted by atomic mass is 16.5. The van der Waals surface area contributed by atoms with Crippen molar-refractivity contribution in [2.45, 2.75) is 289 Å². The van der Waals surface area contributed by atoms with Crippen molar-refractivity contribution in [3.63, 3.8) is 0 Å². The van der Waals surface area contributed by atoms with Gasteiger partial charge in [0.05, 0.1) is 25.2 Å². The molecule has 3 atom stereocenters. The zero-order chi connectivity index (χ0) is 46.7. The molecule has 0 rings (SSSR count). The number of hydrogen-bond acceptors (Lipinski definition) is 5. The van der Waals surface area contributed by atoms with Crippen LogP contribution in [0, 0.1) is 0 Å². The average Bonchev–Trinajstić information content (AvgIpc) is 3.29. The fraction of sp³-hybridized carbons (Fsp3) is 0.793. The molecule has 0 saturated carbocycles. The van der Waals surface area contributed by atoms with Gasteiger partial charge >= 0.3 is 5.97 Å². The van der Waals surface area contributed by atoms with Crippen molar-refractivity contribution in [3.8, 4) is 0 Å². The predicted octanol–water partition coefficient (Wildman–Crippen LogP) is 16.8. The summed E-state index contributed by atoms with van der Waals surface area (Å²) in [7, 11) is 0. The lowest BCUT2D eigenvalue weighted by Gasteiger charge is -2.24. The number of hydrogen-bond donors (Lipinski definition) is 3. The molecule has 64 heavy (non-hydrogen) atoms. The van der Waals surface area contributed by atoms with Crippen LogP contribution in [0.15, 0.2) is 60.8 Å². The van der Waals surface area contributed by atoms with E-state index in [1.54, 1.807) is 0 Å². The topological polar surface area (TPSA) is 95.9 Å². The van der Waals surface area contributed by atoms with Gasteiger partial charge in [0.25, 0.3) is 0 Å². The Morgan fingerprint density at radius 2 is 0.891 bits per heavy atom. The van der Waals surface area contributed by atoms with E-state index in [1.165, 1.54) is 128 Å². The molecule has 0 saturated heterocycles.